The van der Waals surface area contributed by atoms with E-state index in [0.29, 0.717) is 26.2 Å². The van der Waals surface area contributed by atoms with Gasteiger partial charge in [-0.25, -0.2) is 0 Å². The van der Waals surface area contributed by atoms with Gasteiger partial charge in [0.15, 0.2) is 0 Å². The van der Waals surface area contributed by atoms with E-state index in [0.717, 1.165) is 17.3 Å². The van der Waals surface area contributed by atoms with Crippen molar-refractivity contribution in [1.29, 1.82) is 0 Å². The van der Waals surface area contributed by atoms with Crippen molar-refractivity contribution in [2.24, 2.45) is 0 Å². The van der Waals surface area contributed by atoms with Crippen LogP contribution in [-0.4, -0.2) is 34.9 Å². The molecule has 5 nitrogen and oxygen atoms in total. The summed E-state index contributed by atoms with van der Waals surface area (Å²) in [5.74, 6) is 2.62. The summed E-state index contributed by atoms with van der Waals surface area (Å²) < 4.78 is 16.7. The first kappa shape index (κ1) is 17.8. The number of hydrogen-bond acceptors (Lipinski definition) is 5. The number of aryl methyl sites for hydroxylation is 1. The first-order valence-corrected chi connectivity index (χ1v) is 7.94. The molecule has 0 saturated heterocycles. The second kappa shape index (κ2) is 7.81. The van der Waals surface area contributed by atoms with E-state index in [4.69, 9.17) is 13.6 Å². The van der Waals surface area contributed by atoms with E-state index in [2.05, 4.69) is 4.90 Å². The van der Waals surface area contributed by atoms with Gasteiger partial charge >= 0.3 is 0 Å². The van der Waals surface area contributed by atoms with Crippen molar-refractivity contribution in [3.63, 3.8) is 0 Å². The Bertz CT molecular complexity index is 568. The lowest BCUT2D eigenvalue weighted by atomic mass is 10.2. The van der Waals surface area contributed by atoms with Gasteiger partial charge in [-0.15, -0.1) is 0 Å². The van der Waals surface area contributed by atoms with Gasteiger partial charge in [0.25, 0.3) is 0 Å². The predicted octanol–water partition coefficient (Wildman–Crippen LogP) is 3.36. The van der Waals surface area contributed by atoms with E-state index < -0.39 is 6.10 Å². The molecule has 0 aliphatic heterocycles. The average Bonchev–Trinajstić information content (AvgIpc) is 3.08. The molecule has 128 valence electrons. The molecule has 0 radical (unpaired) electrons. The van der Waals surface area contributed by atoms with Gasteiger partial charge < -0.3 is 18.7 Å². The smallest absolute Gasteiger partial charge is 0.118 e. The van der Waals surface area contributed by atoms with Gasteiger partial charge in [0.05, 0.1) is 37.7 Å². The Morgan fingerprint density at radius 2 is 1.91 bits per heavy atom. The summed E-state index contributed by atoms with van der Waals surface area (Å²) in [5.41, 5.74) is -0.259. The van der Waals surface area contributed by atoms with E-state index >= 15 is 0 Å². The van der Waals surface area contributed by atoms with Gasteiger partial charge in [-0.1, -0.05) is 0 Å². The van der Waals surface area contributed by atoms with Crippen molar-refractivity contribution in [2.75, 3.05) is 13.2 Å². The van der Waals surface area contributed by atoms with Gasteiger partial charge in [-0.3, -0.25) is 4.90 Å². The van der Waals surface area contributed by atoms with Crippen LogP contribution in [0.25, 0.3) is 0 Å². The van der Waals surface area contributed by atoms with Crippen LogP contribution in [0.2, 0.25) is 0 Å². The van der Waals surface area contributed by atoms with E-state index in [1.807, 2.05) is 52.0 Å². The van der Waals surface area contributed by atoms with Gasteiger partial charge in [-0.2, -0.15) is 0 Å². The molecule has 0 bridgehead atoms. The highest BCUT2D eigenvalue weighted by molar-refractivity contribution is 5.06. The van der Waals surface area contributed by atoms with Crippen LogP contribution in [-0.2, 0) is 17.8 Å². The highest BCUT2D eigenvalue weighted by atomic mass is 16.5. The normalized spacial score (nSPS) is 13.7. The van der Waals surface area contributed by atoms with Crippen LogP contribution < -0.4 is 0 Å². The molecule has 0 spiro atoms. The van der Waals surface area contributed by atoms with Crippen molar-refractivity contribution in [3.8, 4) is 0 Å². The minimum atomic E-state index is -0.569. The Balaban J connectivity index is 1.95. The van der Waals surface area contributed by atoms with Crippen molar-refractivity contribution in [1.82, 2.24) is 4.90 Å². The standard InChI is InChI=1S/C18H27NO4/c1-14-7-8-17(23-14)12-19(11-16-6-5-9-21-16)10-15(20)13-22-18(2,3)4/h5-9,15,20H,10-13H2,1-4H3/t15-/m0/s1. The summed E-state index contributed by atoms with van der Waals surface area (Å²) in [6.07, 6.45) is 1.09. The second-order valence-electron chi connectivity index (χ2n) is 6.84. The maximum atomic E-state index is 10.3. The Morgan fingerprint density at radius 1 is 1.17 bits per heavy atom. The van der Waals surface area contributed by atoms with Crippen LogP contribution in [0.15, 0.2) is 39.4 Å². The van der Waals surface area contributed by atoms with Crippen molar-refractivity contribution >= 4 is 0 Å². The summed E-state index contributed by atoms with van der Waals surface area (Å²) in [7, 11) is 0. The zero-order valence-corrected chi connectivity index (χ0v) is 14.4. The Hall–Kier alpha value is -1.56. The summed E-state index contributed by atoms with van der Waals surface area (Å²) in [4.78, 5) is 2.09. The lowest BCUT2D eigenvalue weighted by molar-refractivity contribution is -0.0579. The van der Waals surface area contributed by atoms with E-state index in [1.165, 1.54) is 0 Å². The molecule has 2 rings (SSSR count). The Morgan fingerprint density at radius 3 is 2.48 bits per heavy atom. The van der Waals surface area contributed by atoms with Crippen LogP contribution in [0.1, 0.15) is 38.1 Å². The van der Waals surface area contributed by atoms with Crippen molar-refractivity contribution < 1.29 is 18.7 Å². The van der Waals surface area contributed by atoms with Crippen molar-refractivity contribution in [3.05, 3.63) is 47.8 Å². The Labute approximate surface area is 137 Å². The fraction of sp³-hybridized carbons (Fsp3) is 0.556. The molecular weight excluding hydrogens is 294 g/mol. The van der Waals surface area contributed by atoms with Gasteiger partial charge in [0.1, 0.15) is 17.3 Å². The number of ether oxygens (including phenoxy) is 1. The lowest BCUT2D eigenvalue weighted by Crippen LogP contribution is -2.36. The highest BCUT2D eigenvalue weighted by Crippen LogP contribution is 2.14. The third-order valence-corrected chi connectivity index (χ3v) is 3.31. The van der Waals surface area contributed by atoms with Crippen LogP contribution in [0.4, 0.5) is 0 Å². The number of rotatable bonds is 8. The maximum absolute atomic E-state index is 10.3. The molecule has 0 saturated carbocycles. The van der Waals surface area contributed by atoms with Gasteiger partial charge in [0, 0.05) is 6.54 Å². The van der Waals surface area contributed by atoms with Gasteiger partial charge in [-0.05, 0) is 52.0 Å². The van der Waals surface area contributed by atoms with Crippen molar-refractivity contribution in [2.45, 2.75) is 52.5 Å². The Kier molecular flexibility index (Phi) is 6.04. The van der Waals surface area contributed by atoms with Crippen LogP contribution in [0.5, 0.6) is 0 Å². The molecule has 0 fully saturated rings. The molecule has 2 aromatic rings. The molecule has 5 heteroatoms. The van der Waals surface area contributed by atoms with Crippen LogP contribution in [0.3, 0.4) is 0 Å². The number of nitrogens with zero attached hydrogens (tertiary/aromatic N) is 1. The zero-order chi connectivity index (χ0) is 16.9. The molecule has 2 aromatic heterocycles. The minimum Gasteiger partial charge on any atom is -0.468 e. The first-order chi connectivity index (χ1) is 10.8. The number of hydrogen-bond donors (Lipinski definition) is 1. The average molecular weight is 321 g/mol. The van der Waals surface area contributed by atoms with E-state index in [-0.39, 0.29) is 5.60 Å². The summed E-state index contributed by atoms with van der Waals surface area (Å²) in [6.45, 7) is 9.86. The molecule has 0 unspecified atom stereocenters. The fourth-order valence-corrected chi connectivity index (χ4v) is 2.30. The quantitative estimate of drug-likeness (QED) is 0.808. The zero-order valence-electron chi connectivity index (χ0n) is 14.4. The van der Waals surface area contributed by atoms with E-state index in [1.54, 1.807) is 6.26 Å². The molecule has 0 aromatic carbocycles. The maximum Gasteiger partial charge on any atom is 0.118 e. The lowest BCUT2D eigenvalue weighted by Gasteiger charge is -2.26. The molecule has 0 aliphatic rings. The largest absolute Gasteiger partial charge is 0.468 e. The fourth-order valence-electron chi connectivity index (χ4n) is 2.30. The molecule has 2 heterocycles. The van der Waals surface area contributed by atoms with Crippen LogP contribution in [0, 0.1) is 6.92 Å². The molecule has 23 heavy (non-hydrogen) atoms. The molecule has 0 aliphatic carbocycles. The second-order valence-corrected chi connectivity index (χ2v) is 6.84. The third-order valence-electron chi connectivity index (χ3n) is 3.31. The molecular formula is C18H27NO4. The topological polar surface area (TPSA) is 59.0 Å². The number of aliphatic hydroxyl groups excluding tert-OH is 1. The first-order valence-electron chi connectivity index (χ1n) is 7.94. The predicted molar refractivity (Wildman–Crippen MR) is 88.0 cm³/mol. The van der Waals surface area contributed by atoms with E-state index in [9.17, 15) is 5.11 Å². The number of aliphatic hydroxyl groups is 1. The number of furan rings is 2. The summed E-state index contributed by atoms with van der Waals surface area (Å²) in [6, 6.07) is 7.70. The molecule has 1 atom stereocenters. The van der Waals surface area contributed by atoms with Crippen LogP contribution >= 0.6 is 0 Å². The van der Waals surface area contributed by atoms with Gasteiger partial charge in [0.2, 0.25) is 0 Å². The SMILES string of the molecule is Cc1ccc(CN(Cc2ccco2)C[C@H](O)COC(C)(C)C)o1. The molecule has 0 amide bonds. The summed E-state index contributed by atoms with van der Waals surface area (Å²) >= 11 is 0. The highest BCUT2D eigenvalue weighted by Gasteiger charge is 2.18. The third kappa shape index (κ3) is 6.60. The molecule has 1 N–H and O–H groups in total. The minimum absolute atomic E-state index is 0.259. The summed E-state index contributed by atoms with van der Waals surface area (Å²) in [5, 5.41) is 10.3. The monoisotopic (exact) mass is 321 g/mol.